The van der Waals surface area contributed by atoms with Gasteiger partial charge in [-0.05, 0) is 57.2 Å². The smallest absolute Gasteiger partial charge is 0.435 e. The van der Waals surface area contributed by atoms with Gasteiger partial charge < -0.3 is 14.7 Å². The number of carbonyl (C=O) groups is 2. The van der Waals surface area contributed by atoms with Crippen molar-refractivity contribution in [1.29, 1.82) is 0 Å². The molecule has 240 valence electrons. The van der Waals surface area contributed by atoms with E-state index in [1.807, 2.05) is 0 Å². The van der Waals surface area contributed by atoms with Crippen molar-refractivity contribution < 1.29 is 58.6 Å². The molecule has 2 aromatic rings. The fourth-order valence-corrected chi connectivity index (χ4v) is 9.05. The monoisotopic (exact) mass is 651 g/mol. The molecule has 2 aliphatic heterocycles. The second-order valence-corrected chi connectivity index (χ2v) is 14.0. The van der Waals surface area contributed by atoms with Crippen molar-refractivity contribution in [2.24, 2.45) is 11.3 Å². The molecule has 0 spiro atoms. The summed E-state index contributed by atoms with van der Waals surface area (Å²) in [6.45, 7) is 0.837. The zero-order valence-corrected chi connectivity index (χ0v) is 24.0. The zero-order valence-electron chi connectivity index (χ0n) is 23.2. The molecule has 5 rings (SSSR count). The SMILES string of the molecule is CC1(C(=O)O)CCC(C(=O)N2CCC3(S(=O)(=O)c4ccccc4)c4ccc(C(F)(C(F)(F)F)C(F)(F)F)cc4OCC23)CC1. The third-order valence-corrected chi connectivity index (χ3v) is 12.0. The fourth-order valence-electron chi connectivity index (χ4n) is 6.74. The molecular weight excluding hydrogens is 623 g/mol. The second-order valence-electron chi connectivity index (χ2n) is 11.8. The van der Waals surface area contributed by atoms with E-state index in [0.717, 1.165) is 0 Å². The molecule has 2 aromatic carbocycles. The van der Waals surface area contributed by atoms with Gasteiger partial charge in [-0.15, -0.1) is 0 Å². The van der Waals surface area contributed by atoms with Crippen molar-refractivity contribution in [2.75, 3.05) is 13.2 Å². The van der Waals surface area contributed by atoms with E-state index in [2.05, 4.69) is 0 Å². The van der Waals surface area contributed by atoms with E-state index in [4.69, 9.17) is 4.74 Å². The molecule has 1 saturated heterocycles. The number of nitrogens with zero attached hydrogens (tertiary/aromatic N) is 1. The molecule has 0 aromatic heterocycles. The summed E-state index contributed by atoms with van der Waals surface area (Å²) in [5.74, 6) is -2.75. The van der Waals surface area contributed by atoms with E-state index in [-0.39, 0.29) is 61.2 Å². The summed E-state index contributed by atoms with van der Waals surface area (Å²) in [5, 5.41) is 9.54. The third-order valence-electron chi connectivity index (χ3n) is 9.42. The van der Waals surface area contributed by atoms with E-state index in [9.17, 15) is 53.8 Å². The van der Waals surface area contributed by atoms with Crippen LogP contribution < -0.4 is 4.74 Å². The number of aliphatic carboxylic acids is 1. The van der Waals surface area contributed by atoms with Crippen LogP contribution >= 0.6 is 0 Å². The number of carbonyl (C=O) groups excluding carboxylic acids is 1. The minimum Gasteiger partial charge on any atom is -0.491 e. The van der Waals surface area contributed by atoms with Gasteiger partial charge in [0.25, 0.3) is 0 Å². The molecule has 2 fully saturated rings. The number of fused-ring (bicyclic) bond motifs is 3. The largest absolute Gasteiger partial charge is 0.491 e. The molecule has 15 heteroatoms. The minimum atomic E-state index is -6.39. The van der Waals surface area contributed by atoms with Gasteiger partial charge in [-0.25, -0.2) is 12.8 Å². The summed E-state index contributed by atoms with van der Waals surface area (Å²) in [4.78, 5) is 26.6. The molecule has 7 nitrogen and oxygen atoms in total. The van der Waals surface area contributed by atoms with Gasteiger partial charge in [0, 0.05) is 23.6 Å². The molecule has 3 aliphatic rings. The molecule has 1 amide bonds. The van der Waals surface area contributed by atoms with Gasteiger partial charge in [0.05, 0.1) is 16.4 Å². The van der Waals surface area contributed by atoms with Crippen molar-refractivity contribution >= 4 is 21.7 Å². The van der Waals surface area contributed by atoms with Crippen molar-refractivity contribution in [2.45, 2.75) is 72.7 Å². The van der Waals surface area contributed by atoms with Gasteiger partial charge in [0.15, 0.2) is 9.84 Å². The lowest BCUT2D eigenvalue weighted by Crippen LogP contribution is -2.56. The van der Waals surface area contributed by atoms with E-state index in [1.165, 1.54) is 29.2 Å². The van der Waals surface area contributed by atoms with Crippen molar-refractivity contribution in [1.82, 2.24) is 4.90 Å². The van der Waals surface area contributed by atoms with Crippen LogP contribution in [0.2, 0.25) is 0 Å². The number of hydrogen-bond acceptors (Lipinski definition) is 5. The van der Waals surface area contributed by atoms with Crippen LogP contribution in [0, 0.1) is 11.3 Å². The molecule has 1 aliphatic carbocycles. The quantitative estimate of drug-likeness (QED) is 0.403. The standard InChI is InChI=1S/C29H28F7NO6S/c1-25(24(39)40)11-9-17(10-12-25)23(38)37-14-13-26(44(41,42)19-5-3-2-4-6-19)20-8-7-18(15-21(20)43-16-22(26)37)27(30,28(31,32)33)29(34,35)36/h2-8,15,17,22H,9-14,16H2,1H3,(H,39,40). The number of alkyl halides is 7. The number of amides is 1. The molecule has 1 N–H and O–H groups in total. The average Bonchev–Trinajstić information content (AvgIpc) is 3.37. The van der Waals surface area contributed by atoms with Crippen LogP contribution in [0.15, 0.2) is 53.4 Å². The predicted molar refractivity (Wildman–Crippen MR) is 140 cm³/mol. The highest BCUT2D eigenvalue weighted by Crippen LogP contribution is 2.57. The summed E-state index contributed by atoms with van der Waals surface area (Å²) >= 11 is 0. The average molecular weight is 652 g/mol. The van der Waals surface area contributed by atoms with E-state index in [1.54, 1.807) is 13.0 Å². The van der Waals surface area contributed by atoms with Crippen LogP contribution in [0.3, 0.4) is 0 Å². The highest BCUT2D eigenvalue weighted by atomic mass is 32.2. The van der Waals surface area contributed by atoms with Crippen LogP contribution in [-0.4, -0.2) is 61.8 Å². The lowest BCUT2D eigenvalue weighted by molar-refractivity contribution is -0.348. The Kier molecular flexibility index (Phi) is 7.53. The zero-order chi connectivity index (χ0) is 32.5. The molecule has 2 unspecified atom stereocenters. The van der Waals surface area contributed by atoms with Gasteiger partial charge in [0.2, 0.25) is 5.91 Å². The first-order valence-electron chi connectivity index (χ1n) is 13.7. The summed E-state index contributed by atoms with van der Waals surface area (Å²) in [5.41, 5.74) is -8.89. The Bertz CT molecular complexity index is 1550. The first-order valence-corrected chi connectivity index (χ1v) is 15.2. The Morgan fingerprint density at radius 1 is 0.932 bits per heavy atom. The van der Waals surface area contributed by atoms with Crippen LogP contribution in [-0.2, 0) is 29.8 Å². The lowest BCUT2D eigenvalue weighted by atomic mass is 9.71. The minimum absolute atomic E-state index is 0.134. The van der Waals surface area contributed by atoms with Crippen molar-refractivity contribution in [3.05, 3.63) is 59.7 Å². The Labute approximate surface area is 247 Å². The fraction of sp³-hybridized carbons (Fsp3) is 0.517. The number of rotatable bonds is 5. The van der Waals surface area contributed by atoms with Crippen LogP contribution in [0.25, 0.3) is 0 Å². The molecule has 44 heavy (non-hydrogen) atoms. The topological polar surface area (TPSA) is 101 Å². The summed E-state index contributed by atoms with van der Waals surface area (Å²) < 4.78 is 128. The maximum Gasteiger partial charge on any atom is 0.435 e. The van der Waals surface area contributed by atoms with E-state index < -0.39 is 79.8 Å². The molecule has 0 bridgehead atoms. The van der Waals surface area contributed by atoms with Gasteiger partial charge in [-0.2, -0.15) is 26.3 Å². The summed E-state index contributed by atoms with van der Waals surface area (Å²) in [6.07, 6.45) is -12.2. The third kappa shape index (κ3) is 4.55. The molecule has 2 heterocycles. The van der Waals surface area contributed by atoms with Crippen LogP contribution in [0.5, 0.6) is 5.75 Å². The normalized spacial score (nSPS) is 27.7. The van der Waals surface area contributed by atoms with Gasteiger partial charge in [-0.3, -0.25) is 9.59 Å². The number of carboxylic acid groups (broad SMARTS) is 1. The van der Waals surface area contributed by atoms with Crippen LogP contribution in [0.1, 0.15) is 50.2 Å². The number of hydrogen-bond donors (Lipinski definition) is 1. The maximum absolute atomic E-state index is 14.9. The van der Waals surface area contributed by atoms with Gasteiger partial charge in [-0.1, -0.05) is 30.3 Å². The number of sulfone groups is 1. The summed E-state index contributed by atoms with van der Waals surface area (Å²) in [6, 6.07) is 6.94. The molecule has 0 radical (unpaired) electrons. The summed E-state index contributed by atoms with van der Waals surface area (Å²) in [7, 11) is -4.50. The highest BCUT2D eigenvalue weighted by molar-refractivity contribution is 7.92. The van der Waals surface area contributed by atoms with Gasteiger partial charge >= 0.3 is 24.0 Å². The predicted octanol–water partition coefficient (Wildman–Crippen LogP) is 5.92. The van der Waals surface area contributed by atoms with Crippen molar-refractivity contribution in [3.63, 3.8) is 0 Å². The first kappa shape index (κ1) is 32.0. The second kappa shape index (κ2) is 10.3. The van der Waals surface area contributed by atoms with E-state index >= 15 is 0 Å². The lowest BCUT2D eigenvalue weighted by Gasteiger charge is -2.43. The number of likely N-dealkylation sites (tertiary alicyclic amines) is 1. The van der Waals surface area contributed by atoms with Gasteiger partial charge in [0.1, 0.15) is 17.1 Å². The Balaban J connectivity index is 1.61. The Morgan fingerprint density at radius 3 is 2.07 bits per heavy atom. The number of carboxylic acids is 1. The number of halogens is 7. The molecule has 2 atom stereocenters. The maximum atomic E-state index is 14.9. The Morgan fingerprint density at radius 2 is 1.52 bits per heavy atom. The number of benzene rings is 2. The van der Waals surface area contributed by atoms with Crippen molar-refractivity contribution in [3.8, 4) is 5.75 Å². The number of ether oxygens (including phenoxy) is 1. The molecule has 1 saturated carbocycles. The van der Waals surface area contributed by atoms with Crippen LogP contribution in [0.4, 0.5) is 30.7 Å². The Hall–Kier alpha value is -3.36. The highest BCUT2D eigenvalue weighted by Gasteiger charge is 2.74. The molecular formula is C29H28F7NO6S. The first-order chi connectivity index (χ1) is 20.3. The van der Waals surface area contributed by atoms with E-state index in [0.29, 0.717) is 6.07 Å².